The summed E-state index contributed by atoms with van der Waals surface area (Å²) in [4.78, 5) is 11.9. The number of benzene rings is 1. The predicted octanol–water partition coefficient (Wildman–Crippen LogP) is 2.16. The van der Waals surface area contributed by atoms with E-state index >= 15 is 0 Å². The summed E-state index contributed by atoms with van der Waals surface area (Å²) in [7, 11) is 1.60. The number of nitrogens with one attached hydrogen (secondary N) is 1. The van der Waals surface area contributed by atoms with Crippen molar-refractivity contribution in [3.05, 3.63) is 29.8 Å². The molecule has 1 aromatic carbocycles. The van der Waals surface area contributed by atoms with E-state index in [2.05, 4.69) is 11.2 Å². The molecule has 0 aliphatic rings. The molecule has 1 unspecified atom stereocenters. The van der Waals surface area contributed by atoms with Gasteiger partial charge in [-0.1, -0.05) is 37.5 Å². The molecule has 1 N–H and O–H groups in total. The zero-order valence-corrected chi connectivity index (χ0v) is 10.9. The molecule has 0 heterocycles. The van der Waals surface area contributed by atoms with Crippen molar-refractivity contribution in [1.29, 1.82) is 0 Å². The number of amides is 1. The highest BCUT2D eigenvalue weighted by Gasteiger charge is 2.11. The molecule has 0 bridgehead atoms. The third-order valence-electron chi connectivity index (χ3n) is 2.66. The summed E-state index contributed by atoms with van der Waals surface area (Å²) >= 11 is 0. The number of ether oxygens (including phenoxy) is 1. The van der Waals surface area contributed by atoms with E-state index in [9.17, 15) is 4.79 Å². The van der Waals surface area contributed by atoms with Gasteiger partial charge in [-0.3, -0.25) is 4.79 Å². The van der Waals surface area contributed by atoms with Gasteiger partial charge in [0.15, 0.2) is 0 Å². The summed E-state index contributed by atoms with van der Waals surface area (Å²) < 4.78 is 5.20. The van der Waals surface area contributed by atoms with Crippen LogP contribution < -0.4 is 10.1 Å². The number of para-hydroxylation sites is 1. The zero-order valence-electron chi connectivity index (χ0n) is 10.9. The molecule has 0 aliphatic heterocycles. The Morgan fingerprint density at radius 3 is 2.83 bits per heavy atom. The molecule has 3 nitrogen and oxygen atoms in total. The second kappa shape index (κ2) is 7.39. The summed E-state index contributed by atoms with van der Waals surface area (Å²) in [5, 5.41) is 2.84. The van der Waals surface area contributed by atoms with Crippen LogP contribution in [0.15, 0.2) is 24.3 Å². The van der Waals surface area contributed by atoms with E-state index in [0.29, 0.717) is 0 Å². The Bertz CT molecular complexity index is 434. The Kier molecular flexibility index (Phi) is 5.79. The third kappa shape index (κ3) is 4.14. The predicted molar refractivity (Wildman–Crippen MR) is 72.4 cm³/mol. The van der Waals surface area contributed by atoms with Crippen LogP contribution in [-0.4, -0.2) is 19.1 Å². The molecule has 0 spiro atoms. The fraction of sp³-hybridized carbons (Fsp3) is 0.400. The standard InChI is InChI=1S/C15H19NO2/c1-4-8-13(5-2)16-15(17)11-12-9-6-7-10-14(12)18-3/h2,6-7,9-10,13H,4,8,11H2,1,3H3,(H,16,17). The highest BCUT2D eigenvalue weighted by atomic mass is 16.5. The molecule has 3 heteroatoms. The van der Waals surface area contributed by atoms with Crippen molar-refractivity contribution in [3.8, 4) is 18.1 Å². The number of carbonyl (C=O) groups excluding carboxylic acids is 1. The number of hydrogen-bond acceptors (Lipinski definition) is 2. The van der Waals surface area contributed by atoms with Crippen molar-refractivity contribution in [1.82, 2.24) is 5.32 Å². The number of rotatable bonds is 6. The van der Waals surface area contributed by atoms with Crippen LogP contribution in [-0.2, 0) is 11.2 Å². The number of carbonyl (C=O) groups is 1. The van der Waals surface area contributed by atoms with Crippen LogP contribution >= 0.6 is 0 Å². The van der Waals surface area contributed by atoms with Crippen LogP contribution in [0.1, 0.15) is 25.3 Å². The van der Waals surface area contributed by atoms with Crippen molar-refractivity contribution < 1.29 is 9.53 Å². The maximum atomic E-state index is 11.9. The molecule has 1 amide bonds. The first-order chi connectivity index (χ1) is 8.71. The van der Waals surface area contributed by atoms with Gasteiger partial charge in [0, 0.05) is 5.56 Å². The largest absolute Gasteiger partial charge is 0.496 e. The van der Waals surface area contributed by atoms with Gasteiger partial charge in [0.25, 0.3) is 0 Å². The van der Waals surface area contributed by atoms with Gasteiger partial charge in [-0.2, -0.15) is 0 Å². The lowest BCUT2D eigenvalue weighted by Gasteiger charge is -2.13. The summed E-state index contributed by atoms with van der Waals surface area (Å²) in [6, 6.07) is 7.30. The Morgan fingerprint density at radius 1 is 1.50 bits per heavy atom. The van der Waals surface area contributed by atoms with Crippen LogP contribution in [0.2, 0.25) is 0 Å². The Labute approximate surface area is 109 Å². The van der Waals surface area contributed by atoms with E-state index in [1.54, 1.807) is 7.11 Å². The van der Waals surface area contributed by atoms with Crippen LogP contribution in [0.4, 0.5) is 0 Å². The van der Waals surface area contributed by atoms with Crippen LogP contribution in [0.25, 0.3) is 0 Å². The Balaban J connectivity index is 2.62. The van der Waals surface area contributed by atoms with Crippen LogP contribution in [0, 0.1) is 12.3 Å². The average Bonchev–Trinajstić information content (AvgIpc) is 2.38. The minimum absolute atomic E-state index is 0.0732. The van der Waals surface area contributed by atoms with Crippen LogP contribution in [0.5, 0.6) is 5.75 Å². The van der Waals surface area contributed by atoms with Crippen molar-refractivity contribution in [3.63, 3.8) is 0 Å². The lowest BCUT2D eigenvalue weighted by atomic mass is 10.1. The second-order valence-corrected chi connectivity index (χ2v) is 4.06. The van der Waals surface area contributed by atoms with Gasteiger partial charge in [0.05, 0.1) is 19.6 Å². The molecule has 96 valence electrons. The van der Waals surface area contributed by atoms with Gasteiger partial charge in [0.2, 0.25) is 5.91 Å². The normalized spacial score (nSPS) is 11.4. The van der Waals surface area contributed by atoms with E-state index in [-0.39, 0.29) is 18.4 Å². The molecule has 0 saturated carbocycles. The Morgan fingerprint density at radius 2 is 2.22 bits per heavy atom. The molecule has 0 radical (unpaired) electrons. The summed E-state index contributed by atoms with van der Waals surface area (Å²) in [6.07, 6.45) is 7.40. The molecular formula is C15H19NO2. The lowest BCUT2D eigenvalue weighted by molar-refractivity contribution is -0.120. The van der Waals surface area contributed by atoms with E-state index in [1.165, 1.54) is 0 Å². The fourth-order valence-corrected chi connectivity index (χ4v) is 1.75. The van der Waals surface area contributed by atoms with E-state index in [1.807, 2.05) is 31.2 Å². The van der Waals surface area contributed by atoms with Crippen molar-refractivity contribution in [2.75, 3.05) is 7.11 Å². The van der Waals surface area contributed by atoms with E-state index in [4.69, 9.17) is 11.2 Å². The minimum Gasteiger partial charge on any atom is -0.496 e. The molecule has 1 rings (SSSR count). The van der Waals surface area contributed by atoms with E-state index in [0.717, 1.165) is 24.2 Å². The molecular weight excluding hydrogens is 226 g/mol. The Hall–Kier alpha value is -1.95. The third-order valence-corrected chi connectivity index (χ3v) is 2.66. The van der Waals surface area contributed by atoms with Crippen molar-refractivity contribution in [2.24, 2.45) is 0 Å². The van der Waals surface area contributed by atoms with Crippen LogP contribution in [0.3, 0.4) is 0 Å². The monoisotopic (exact) mass is 245 g/mol. The van der Waals surface area contributed by atoms with Crippen molar-refractivity contribution in [2.45, 2.75) is 32.2 Å². The minimum atomic E-state index is -0.183. The summed E-state index contributed by atoms with van der Waals surface area (Å²) in [5.74, 6) is 3.23. The summed E-state index contributed by atoms with van der Waals surface area (Å²) in [5.41, 5.74) is 0.866. The molecule has 1 aromatic rings. The highest BCUT2D eigenvalue weighted by Crippen LogP contribution is 2.17. The molecule has 1 atom stereocenters. The number of terminal acetylenes is 1. The molecule has 0 aliphatic carbocycles. The first-order valence-corrected chi connectivity index (χ1v) is 6.08. The highest BCUT2D eigenvalue weighted by molar-refractivity contribution is 5.79. The maximum Gasteiger partial charge on any atom is 0.225 e. The lowest BCUT2D eigenvalue weighted by Crippen LogP contribution is -2.34. The SMILES string of the molecule is C#CC(CCC)NC(=O)Cc1ccccc1OC. The zero-order chi connectivity index (χ0) is 13.4. The fourth-order valence-electron chi connectivity index (χ4n) is 1.75. The first kappa shape index (κ1) is 14.1. The number of methoxy groups -OCH3 is 1. The van der Waals surface area contributed by atoms with E-state index < -0.39 is 0 Å². The van der Waals surface area contributed by atoms with Gasteiger partial charge in [-0.25, -0.2) is 0 Å². The van der Waals surface area contributed by atoms with Gasteiger partial charge < -0.3 is 10.1 Å². The molecule has 0 fully saturated rings. The molecule has 0 aromatic heterocycles. The maximum absolute atomic E-state index is 11.9. The van der Waals surface area contributed by atoms with Gasteiger partial charge in [-0.15, -0.1) is 6.42 Å². The summed E-state index contributed by atoms with van der Waals surface area (Å²) in [6.45, 7) is 2.04. The van der Waals surface area contributed by atoms with Gasteiger partial charge >= 0.3 is 0 Å². The smallest absolute Gasteiger partial charge is 0.225 e. The quantitative estimate of drug-likeness (QED) is 0.780. The van der Waals surface area contributed by atoms with Crippen molar-refractivity contribution >= 4 is 5.91 Å². The number of hydrogen-bond donors (Lipinski definition) is 1. The molecule has 0 saturated heterocycles. The van der Waals surface area contributed by atoms with Gasteiger partial charge in [0.1, 0.15) is 5.75 Å². The van der Waals surface area contributed by atoms with Gasteiger partial charge in [-0.05, 0) is 12.5 Å². The molecule has 18 heavy (non-hydrogen) atoms. The topological polar surface area (TPSA) is 38.3 Å². The first-order valence-electron chi connectivity index (χ1n) is 6.08. The average molecular weight is 245 g/mol. The second-order valence-electron chi connectivity index (χ2n) is 4.06.